The van der Waals surface area contributed by atoms with Gasteiger partial charge in [0.2, 0.25) is 0 Å². The summed E-state index contributed by atoms with van der Waals surface area (Å²) in [5.41, 5.74) is 5.92. The van der Waals surface area contributed by atoms with E-state index in [-0.39, 0.29) is 0 Å². The fourth-order valence-corrected chi connectivity index (χ4v) is 1.53. The summed E-state index contributed by atoms with van der Waals surface area (Å²) < 4.78 is 10.8. The van der Waals surface area contributed by atoms with Crippen LogP contribution in [0.25, 0.3) is 0 Å². The van der Waals surface area contributed by atoms with Gasteiger partial charge in [0, 0.05) is 5.69 Å². The Kier molecular flexibility index (Phi) is 2.49. The first-order valence-corrected chi connectivity index (χ1v) is 4.41. The van der Waals surface area contributed by atoms with E-state index in [1.807, 2.05) is 0 Å². The van der Waals surface area contributed by atoms with E-state index in [0.29, 0.717) is 15.6 Å². The molecule has 11 heavy (non-hydrogen) atoms. The SMILES string of the molecule is Nc1ccc(Cl)c(S(N)=O)c1. The molecule has 1 atom stereocenters. The van der Waals surface area contributed by atoms with Crippen LogP contribution < -0.4 is 10.9 Å². The number of rotatable bonds is 1. The normalized spacial score (nSPS) is 12.9. The van der Waals surface area contributed by atoms with Crippen molar-refractivity contribution in [2.75, 3.05) is 5.73 Å². The fraction of sp³-hybridized carbons (Fsp3) is 0. The van der Waals surface area contributed by atoms with E-state index >= 15 is 0 Å². The van der Waals surface area contributed by atoms with Gasteiger partial charge in [-0.15, -0.1) is 0 Å². The molecular weight excluding hydrogens is 184 g/mol. The molecule has 0 amide bonds. The van der Waals surface area contributed by atoms with Crippen molar-refractivity contribution in [3.63, 3.8) is 0 Å². The molecule has 0 fully saturated rings. The zero-order chi connectivity index (χ0) is 8.43. The number of hydrogen-bond acceptors (Lipinski definition) is 2. The second-order valence-electron chi connectivity index (χ2n) is 1.99. The lowest BCUT2D eigenvalue weighted by Gasteiger charge is -1.99. The predicted molar refractivity (Wildman–Crippen MR) is 46.5 cm³/mol. The van der Waals surface area contributed by atoms with Crippen LogP contribution in [-0.4, -0.2) is 4.21 Å². The Labute approximate surface area is 71.9 Å². The highest BCUT2D eigenvalue weighted by molar-refractivity contribution is 7.82. The van der Waals surface area contributed by atoms with Crippen molar-refractivity contribution in [3.8, 4) is 0 Å². The molecule has 1 aromatic rings. The van der Waals surface area contributed by atoms with Gasteiger partial charge in [-0.05, 0) is 18.2 Å². The van der Waals surface area contributed by atoms with Crippen LogP contribution in [0, 0.1) is 0 Å². The molecule has 4 N–H and O–H groups in total. The molecule has 0 saturated heterocycles. The van der Waals surface area contributed by atoms with Crippen molar-refractivity contribution in [1.29, 1.82) is 0 Å². The second-order valence-corrected chi connectivity index (χ2v) is 3.43. The van der Waals surface area contributed by atoms with Crippen LogP contribution in [0.5, 0.6) is 0 Å². The van der Waals surface area contributed by atoms with Crippen LogP contribution in [0.3, 0.4) is 0 Å². The van der Waals surface area contributed by atoms with Gasteiger partial charge in [-0.2, -0.15) is 0 Å². The summed E-state index contributed by atoms with van der Waals surface area (Å²) in [5.74, 6) is 0. The number of anilines is 1. The van der Waals surface area contributed by atoms with Gasteiger partial charge in [0.15, 0.2) is 0 Å². The van der Waals surface area contributed by atoms with E-state index < -0.39 is 11.0 Å². The summed E-state index contributed by atoms with van der Waals surface area (Å²) >= 11 is 5.66. The lowest BCUT2D eigenvalue weighted by atomic mass is 10.3. The first-order valence-electron chi connectivity index (χ1n) is 2.82. The molecule has 0 aliphatic rings. The number of nitrogens with two attached hydrogens (primary N) is 2. The maximum atomic E-state index is 10.8. The Morgan fingerprint density at radius 3 is 2.55 bits per heavy atom. The van der Waals surface area contributed by atoms with Crippen molar-refractivity contribution in [1.82, 2.24) is 0 Å². The maximum Gasteiger partial charge on any atom is 0.123 e. The molecule has 0 aliphatic carbocycles. The second kappa shape index (κ2) is 3.21. The summed E-state index contributed by atoms with van der Waals surface area (Å²) in [6.45, 7) is 0. The standard InChI is InChI=1S/C6H7ClN2OS/c7-5-2-1-4(8)3-6(5)11(9)10/h1-3H,8-9H2. The molecule has 0 spiro atoms. The van der Waals surface area contributed by atoms with Gasteiger partial charge in [-0.25, -0.2) is 9.35 Å². The molecule has 1 aromatic carbocycles. The van der Waals surface area contributed by atoms with E-state index in [1.165, 1.54) is 6.07 Å². The average molecular weight is 191 g/mol. The molecule has 0 radical (unpaired) electrons. The molecule has 3 nitrogen and oxygen atoms in total. The van der Waals surface area contributed by atoms with E-state index in [9.17, 15) is 4.21 Å². The van der Waals surface area contributed by atoms with Crippen LogP contribution in [0.4, 0.5) is 5.69 Å². The smallest absolute Gasteiger partial charge is 0.123 e. The van der Waals surface area contributed by atoms with Crippen LogP contribution in [-0.2, 0) is 11.0 Å². The van der Waals surface area contributed by atoms with Gasteiger partial charge in [-0.1, -0.05) is 11.6 Å². The Hall–Kier alpha value is -0.580. The fourth-order valence-electron chi connectivity index (χ4n) is 0.674. The van der Waals surface area contributed by atoms with Gasteiger partial charge in [-0.3, -0.25) is 0 Å². The Morgan fingerprint density at radius 2 is 2.09 bits per heavy atom. The molecule has 0 aliphatic heterocycles. The predicted octanol–water partition coefficient (Wildman–Crippen LogP) is 0.904. The summed E-state index contributed by atoms with van der Waals surface area (Å²) in [4.78, 5) is 0.367. The monoisotopic (exact) mass is 190 g/mol. The third kappa shape index (κ3) is 1.92. The first kappa shape index (κ1) is 8.52. The average Bonchev–Trinajstić information content (AvgIpc) is 1.94. The molecular formula is C6H7ClN2OS. The van der Waals surface area contributed by atoms with Crippen molar-refractivity contribution < 1.29 is 4.21 Å². The van der Waals surface area contributed by atoms with Crippen molar-refractivity contribution in [3.05, 3.63) is 23.2 Å². The summed E-state index contributed by atoms with van der Waals surface area (Å²) in [6, 6.07) is 4.69. The minimum atomic E-state index is -1.56. The Morgan fingerprint density at radius 1 is 1.45 bits per heavy atom. The van der Waals surface area contributed by atoms with Gasteiger partial charge >= 0.3 is 0 Å². The zero-order valence-electron chi connectivity index (χ0n) is 5.58. The summed E-state index contributed by atoms with van der Waals surface area (Å²) in [6.07, 6.45) is 0. The first-order chi connectivity index (χ1) is 5.11. The van der Waals surface area contributed by atoms with Gasteiger partial charge in [0.1, 0.15) is 11.0 Å². The van der Waals surface area contributed by atoms with Crippen molar-refractivity contribution >= 4 is 28.3 Å². The van der Waals surface area contributed by atoms with E-state index in [4.69, 9.17) is 22.5 Å². The quantitative estimate of drug-likeness (QED) is 0.647. The number of nitrogen functional groups attached to an aromatic ring is 1. The van der Waals surface area contributed by atoms with Crippen LogP contribution >= 0.6 is 11.6 Å². The zero-order valence-corrected chi connectivity index (χ0v) is 7.15. The molecule has 1 rings (SSSR count). The lowest BCUT2D eigenvalue weighted by Crippen LogP contribution is -2.03. The van der Waals surface area contributed by atoms with Gasteiger partial charge in [0.05, 0.1) is 9.92 Å². The van der Waals surface area contributed by atoms with Gasteiger partial charge in [0.25, 0.3) is 0 Å². The molecule has 60 valence electrons. The van der Waals surface area contributed by atoms with E-state index in [0.717, 1.165) is 0 Å². The van der Waals surface area contributed by atoms with Crippen molar-refractivity contribution in [2.45, 2.75) is 4.90 Å². The number of benzene rings is 1. The van der Waals surface area contributed by atoms with E-state index in [1.54, 1.807) is 12.1 Å². The van der Waals surface area contributed by atoms with E-state index in [2.05, 4.69) is 0 Å². The minimum absolute atomic E-state index is 0.367. The molecule has 0 aromatic heterocycles. The number of halogens is 1. The third-order valence-corrected chi connectivity index (χ3v) is 2.38. The Balaban J connectivity index is 3.23. The molecule has 1 unspecified atom stereocenters. The lowest BCUT2D eigenvalue weighted by molar-refractivity contribution is 0.684. The molecule has 5 heteroatoms. The highest BCUT2D eigenvalue weighted by Crippen LogP contribution is 2.20. The van der Waals surface area contributed by atoms with Crippen LogP contribution in [0.2, 0.25) is 5.02 Å². The third-order valence-electron chi connectivity index (χ3n) is 1.17. The highest BCUT2D eigenvalue weighted by Gasteiger charge is 2.03. The van der Waals surface area contributed by atoms with Crippen LogP contribution in [0.1, 0.15) is 0 Å². The topological polar surface area (TPSA) is 69.1 Å². The maximum absolute atomic E-state index is 10.8. The van der Waals surface area contributed by atoms with Gasteiger partial charge < -0.3 is 5.73 Å². The highest BCUT2D eigenvalue weighted by atomic mass is 35.5. The largest absolute Gasteiger partial charge is 0.399 e. The summed E-state index contributed by atoms with van der Waals surface area (Å²) in [7, 11) is -1.56. The summed E-state index contributed by atoms with van der Waals surface area (Å²) in [5, 5.41) is 5.49. The number of hydrogen-bond donors (Lipinski definition) is 2. The van der Waals surface area contributed by atoms with Crippen LogP contribution in [0.15, 0.2) is 23.1 Å². The minimum Gasteiger partial charge on any atom is -0.399 e. The molecule has 0 saturated carbocycles. The van der Waals surface area contributed by atoms with Crippen molar-refractivity contribution in [2.24, 2.45) is 5.14 Å². The molecule has 0 heterocycles. The Bertz CT molecular complexity index is 303. The molecule has 0 bridgehead atoms.